The van der Waals surface area contributed by atoms with E-state index in [4.69, 9.17) is 9.84 Å². The lowest BCUT2D eigenvalue weighted by molar-refractivity contribution is -0.144. The maximum Gasteiger partial charge on any atom is 0.309 e. The molecule has 0 aromatic heterocycles. The summed E-state index contributed by atoms with van der Waals surface area (Å²) in [5, 5.41) is 8.35. The van der Waals surface area contributed by atoms with Crippen molar-refractivity contribution in [3.05, 3.63) is 28.2 Å². The molecule has 0 saturated carbocycles. The van der Waals surface area contributed by atoms with E-state index in [1.807, 2.05) is 0 Å². The van der Waals surface area contributed by atoms with E-state index in [2.05, 4.69) is 15.9 Å². The fraction of sp³-hybridized carbons (Fsp3) is 0.364. The van der Waals surface area contributed by atoms with Crippen molar-refractivity contribution in [3.8, 4) is 5.75 Å². The van der Waals surface area contributed by atoms with Gasteiger partial charge in [0.05, 0.1) is 11.6 Å². The summed E-state index contributed by atoms with van der Waals surface area (Å²) < 4.78 is 32.0. The van der Waals surface area contributed by atoms with E-state index < -0.39 is 24.7 Å². The van der Waals surface area contributed by atoms with Gasteiger partial charge in [0, 0.05) is 6.42 Å². The first-order valence-electron chi connectivity index (χ1n) is 4.76. The molecule has 6 heteroatoms. The molecule has 1 rings (SSSR count). The van der Waals surface area contributed by atoms with E-state index >= 15 is 0 Å². The number of benzene rings is 1. The normalized spacial score (nSPS) is 11.3. The Morgan fingerprint density at radius 2 is 2.18 bits per heavy atom. The van der Waals surface area contributed by atoms with Gasteiger partial charge in [0.1, 0.15) is 12.2 Å². The number of carboxylic acid groups (broad SMARTS) is 1. The highest BCUT2D eigenvalue weighted by Gasteiger charge is 2.32. The van der Waals surface area contributed by atoms with E-state index in [9.17, 15) is 13.6 Å². The average molecular weight is 309 g/mol. The quantitative estimate of drug-likeness (QED) is 0.909. The van der Waals surface area contributed by atoms with Crippen LogP contribution in [0.25, 0.3) is 0 Å². The number of halogens is 3. The van der Waals surface area contributed by atoms with Gasteiger partial charge in [0.25, 0.3) is 5.92 Å². The molecule has 0 amide bonds. The highest BCUT2D eigenvalue weighted by molar-refractivity contribution is 9.10. The topological polar surface area (TPSA) is 46.5 Å². The molecule has 0 aliphatic heterocycles. The molecule has 1 aromatic carbocycles. The molecule has 0 saturated heterocycles. The maximum absolute atomic E-state index is 13.2. The number of hydrogen-bond acceptors (Lipinski definition) is 2. The summed E-state index contributed by atoms with van der Waals surface area (Å²) in [7, 11) is 1.47. The second-order valence-corrected chi connectivity index (χ2v) is 4.43. The fourth-order valence-corrected chi connectivity index (χ4v) is 1.99. The summed E-state index contributed by atoms with van der Waals surface area (Å²) in [5.41, 5.74) is 0.351. The Hall–Kier alpha value is -1.17. The lowest BCUT2D eigenvalue weighted by atomic mass is 10.0. The molecule has 0 unspecified atom stereocenters. The van der Waals surface area contributed by atoms with Crippen LogP contribution in [0.3, 0.4) is 0 Å². The summed E-state index contributed by atoms with van der Waals surface area (Å²) in [5.74, 6) is -4.22. The van der Waals surface area contributed by atoms with Crippen molar-refractivity contribution in [2.24, 2.45) is 0 Å². The fourth-order valence-electron chi connectivity index (χ4n) is 1.40. The third-order valence-corrected chi connectivity index (χ3v) is 2.71. The lowest BCUT2D eigenvalue weighted by Crippen LogP contribution is -2.23. The number of hydrogen-bond donors (Lipinski definition) is 1. The minimum atomic E-state index is -3.25. The Bertz CT molecular complexity index is 421. The molecule has 0 spiro atoms. The van der Waals surface area contributed by atoms with Crippen LogP contribution in [-0.4, -0.2) is 24.1 Å². The Kier molecular flexibility index (Phi) is 4.45. The smallest absolute Gasteiger partial charge is 0.309 e. The number of ether oxygens (including phenoxy) is 1. The molecule has 0 aliphatic carbocycles. The summed E-state index contributed by atoms with van der Waals surface area (Å²) in [6, 6.07) is 4.53. The van der Waals surface area contributed by atoms with Crippen LogP contribution < -0.4 is 4.74 Å². The van der Waals surface area contributed by atoms with Crippen LogP contribution in [-0.2, 0) is 11.2 Å². The zero-order chi connectivity index (χ0) is 13.1. The van der Waals surface area contributed by atoms with Gasteiger partial charge in [-0.1, -0.05) is 6.07 Å². The number of rotatable bonds is 5. The molecule has 94 valence electrons. The Balaban J connectivity index is 2.81. The van der Waals surface area contributed by atoms with Crippen LogP contribution in [0.1, 0.15) is 12.0 Å². The van der Waals surface area contributed by atoms with E-state index in [0.717, 1.165) is 0 Å². The molecule has 0 bridgehead atoms. The van der Waals surface area contributed by atoms with Crippen molar-refractivity contribution in [3.63, 3.8) is 0 Å². The molecule has 3 nitrogen and oxygen atoms in total. The lowest BCUT2D eigenvalue weighted by Gasteiger charge is -2.14. The molecule has 0 fully saturated rings. The van der Waals surface area contributed by atoms with E-state index in [0.29, 0.717) is 15.8 Å². The predicted molar refractivity (Wildman–Crippen MR) is 61.6 cm³/mol. The first-order valence-corrected chi connectivity index (χ1v) is 5.55. The van der Waals surface area contributed by atoms with Crippen LogP contribution in [0, 0.1) is 0 Å². The van der Waals surface area contributed by atoms with Crippen molar-refractivity contribution in [1.29, 1.82) is 0 Å². The summed E-state index contributed by atoms with van der Waals surface area (Å²) in [6.45, 7) is 0. The van der Waals surface area contributed by atoms with Crippen LogP contribution in [0.4, 0.5) is 8.78 Å². The second-order valence-electron chi connectivity index (χ2n) is 3.57. The van der Waals surface area contributed by atoms with Crippen molar-refractivity contribution < 1.29 is 23.4 Å². The van der Waals surface area contributed by atoms with Gasteiger partial charge in [-0.2, -0.15) is 0 Å². The van der Waals surface area contributed by atoms with Crippen molar-refractivity contribution in [1.82, 2.24) is 0 Å². The van der Waals surface area contributed by atoms with Gasteiger partial charge >= 0.3 is 5.97 Å². The van der Waals surface area contributed by atoms with E-state index in [1.165, 1.54) is 19.2 Å². The minimum absolute atomic E-state index is 0.351. The second kappa shape index (κ2) is 5.44. The maximum atomic E-state index is 13.2. The number of carboxylic acids is 1. The number of methoxy groups -OCH3 is 1. The summed E-state index contributed by atoms with van der Waals surface area (Å²) in [4.78, 5) is 10.3. The molecule has 0 aliphatic rings. The van der Waals surface area contributed by atoms with Crippen LogP contribution in [0.5, 0.6) is 5.75 Å². The van der Waals surface area contributed by atoms with Gasteiger partial charge in [-0.15, -0.1) is 0 Å². The van der Waals surface area contributed by atoms with Crippen LogP contribution in [0.15, 0.2) is 22.7 Å². The van der Waals surface area contributed by atoms with Crippen LogP contribution >= 0.6 is 15.9 Å². The van der Waals surface area contributed by atoms with Gasteiger partial charge in [0.15, 0.2) is 0 Å². The molecule has 0 heterocycles. The van der Waals surface area contributed by atoms with Gasteiger partial charge < -0.3 is 9.84 Å². The molecule has 0 atom stereocenters. The highest BCUT2D eigenvalue weighted by atomic mass is 79.9. The van der Waals surface area contributed by atoms with Crippen molar-refractivity contribution in [2.75, 3.05) is 7.11 Å². The van der Waals surface area contributed by atoms with Gasteiger partial charge in [-0.05, 0) is 33.6 Å². The average Bonchev–Trinajstić information content (AvgIpc) is 2.14. The van der Waals surface area contributed by atoms with Crippen LogP contribution in [0.2, 0.25) is 0 Å². The molecule has 1 N–H and O–H groups in total. The Morgan fingerprint density at radius 3 is 2.65 bits per heavy atom. The molecular formula is C11H11BrF2O3. The molecule has 0 radical (unpaired) electrons. The monoisotopic (exact) mass is 308 g/mol. The Labute approximate surface area is 106 Å². The SMILES string of the molecule is COc1ccc(CC(F)(F)CC(=O)O)cc1Br. The number of alkyl halides is 2. The van der Waals surface area contributed by atoms with E-state index in [1.54, 1.807) is 6.07 Å². The van der Waals surface area contributed by atoms with Crippen molar-refractivity contribution >= 4 is 21.9 Å². The summed E-state index contributed by atoms with van der Waals surface area (Å²) >= 11 is 3.18. The third kappa shape index (κ3) is 4.30. The zero-order valence-corrected chi connectivity index (χ0v) is 10.6. The largest absolute Gasteiger partial charge is 0.496 e. The zero-order valence-electron chi connectivity index (χ0n) is 9.04. The van der Waals surface area contributed by atoms with Gasteiger partial charge in [-0.3, -0.25) is 4.79 Å². The molecule has 1 aromatic rings. The van der Waals surface area contributed by atoms with E-state index in [-0.39, 0.29) is 0 Å². The number of aliphatic carboxylic acids is 1. The van der Waals surface area contributed by atoms with Gasteiger partial charge in [0.2, 0.25) is 0 Å². The predicted octanol–water partition coefficient (Wildman–Crippen LogP) is 3.11. The van der Waals surface area contributed by atoms with Gasteiger partial charge in [-0.25, -0.2) is 8.78 Å². The van der Waals surface area contributed by atoms with Crippen molar-refractivity contribution in [2.45, 2.75) is 18.8 Å². The highest BCUT2D eigenvalue weighted by Crippen LogP contribution is 2.29. The standard InChI is InChI=1S/C11H11BrF2O3/c1-17-9-3-2-7(4-8(9)12)5-11(13,14)6-10(15)16/h2-4H,5-6H2,1H3,(H,15,16). The Morgan fingerprint density at radius 1 is 1.53 bits per heavy atom. The molecule has 17 heavy (non-hydrogen) atoms. The summed E-state index contributed by atoms with van der Waals surface area (Å²) in [6.07, 6.45) is -1.78. The first-order chi connectivity index (χ1) is 7.84. The molecular weight excluding hydrogens is 298 g/mol. The number of carbonyl (C=O) groups is 1. The minimum Gasteiger partial charge on any atom is -0.496 e. The third-order valence-electron chi connectivity index (χ3n) is 2.09. The first kappa shape index (κ1) is 13.9.